The van der Waals surface area contributed by atoms with Gasteiger partial charge in [0.2, 0.25) is 5.91 Å². The van der Waals surface area contributed by atoms with Gasteiger partial charge in [-0.2, -0.15) is 0 Å². The number of nitrogens with two attached hydrogens (primary N) is 1. The van der Waals surface area contributed by atoms with Crippen LogP contribution in [0.4, 0.5) is 0 Å². The summed E-state index contributed by atoms with van der Waals surface area (Å²) in [6.07, 6.45) is 0.810. The molecule has 0 aromatic heterocycles. The summed E-state index contributed by atoms with van der Waals surface area (Å²) in [5.74, 6) is 0.686. The van der Waals surface area contributed by atoms with Crippen LogP contribution in [-0.4, -0.2) is 44.5 Å². The van der Waals surface area contributed by atoms with Crippen LogP contribution >= 0.6 is 24.0 Å². The van der Waals surface area contributed by atoms with Crippen molar-refractivity contribution in [3.63, 3.8) is 0 Å². The number of amides is 2. The predicted molar refractivity (Wildman–Crippen MR) is 138 cm³/mol. The molecule has 0 bridgehead atoms. The lowest BCUT2D eigenvalue weighted by atomic mass is 10.1. The Morgan fingerprint density at radius 3 is 2.41 bits per heavy atom. The third-order valence-corrected chi connectivity index (χ3v) is 4.53. The van der Waals surface area contributed by atoms with E-state index in [1.807, 2.05) is 31.2 Å². The van der Waals surface area contributed by atoms with Gasteiger partial charge in [-0.3, -0.25) is 9.59 Å². The number of ether oxygens (including phenoxy) is 1. The number of primary amides is 1. The molecule has 0 aliphatic rings. The first-order valence-electron chi connectivity index (χ1n) is 10.2. The van der Waals surface area contributed by atoms with E-state index in [1.54, 1.807) is 19.2 Å². The number of rotatable bonds is 10. The molecule has 0 saturated carbocycles. The number of halogens is 1. The van der Waals surface area contributed by atoms with Gasteiger partial charge in [-0.25, -0.2) is 4.99 Å². The van der Waals surface area contributed by atoms with Gasteiger partial charge in [-0.15, -0.1) is 24.0 Å². The number of benzene rings is 2. The van der Waals surface area contributed by atoms with E-state index in [0.717, 1.165) is 35.8 Å². The molecule has 0 fully saturated rings. The van der Waals surface area contributed by atoms with Gasteiger partial charge in [0.1, 0.15) is 5.75 Å². The third-order valence-electron chi connectivity index (χ3n) is 4.53. The average Bonchev–Trinajstić information content (AvgIpc) is 2.76. The summed E-state index contributed by atoms with van der Waals surface area (Å²) in [6, 6.07) is 13.2. The van der Waals surface area contributed by atoms with Crippen LogP contribution in [0.2, 0.25) is 0 Å². The largest absolute Gasteiger partial charge is 0.496 e. The van der Waals surface area contributed by atoms with E-state index >= 15 is 0 Å². The van der Waals surface area contributed by atoms with Crippen LogP contribution in [0.15, 0.2) is 47.5 Å². The highest BCUT2D eigenvalue weighted by atomic mass is 127. The summed E-state index contributed by atoms with van der Waals surface area (Å²) in [6.45, 7) is 5.82. The highest BCUT2D eigenvalue weighted by Gasteiger charge is 2.07. The topological polar surface area (TPSA) is 118 Å². The standard InChI is InChI=1S/C23H31N5O3.HI/c1-4-25-23(26-12-11-19-13-16(2)5-10-20(19)31-3)28-14-17-6-8-18(9-7-17)22(30)27-15-21(24)29;/h5-10,13H,4,11-12,14-15H2,1-3H3,(H2,24,29)(H,27,30)(H2,25,26,28);1H. The van der Waals surface area contributed by atoms with Crippen LogP contribution in [-0.2, 0) is 17.8 Å². The minimum Gasteiger partial charge on any atom is -0.496 e. The van der Waals surface area contributed by atoms with Gasteiger partial charge >= 0.3 is 0 Å². The molecule has 0 aliphatic heterocycles. The Morgan fingerprint density at radius 2 is 1.78 bits per heavy atom. The molecule has 0 saturated heterocycles. The molecule has 2 aromatic carbocycles. The first-order chi connectivity index (χ1) is 14.9. The minimum absolute atomic E-state index is 0. The van der Waals surface area contributed by atoms with Gasteiger partial charge in [0.05, 0.1) is 20.2 Å². The summed E-state index contributed by atoms with van der Waals surface area (Å²) in [4.78, 5) is 27.3. The van der Waals surface area contributed by atoms with E-state index in [0.29, 0.717) is 18.7 Å². The maximum absolute atomic E-state index is 11.9. The van der Waals surface area contributed by atoms with Crippen LogP contribution in [0, 0.1) is 6.92 Å². The summed E-state index contributed by atoms with van der Waals surface area (Å²) < 4.78 is 5.44. The minimum atomic E-state index is -0.580. The Bertz CT molecular complexity index is 916. The molecule has 2 aromatic rings. The lowest BCUT2D eigenvalue weighted by Crippen LogP contribution is -2.38. The summed E-state index contributed by atoms with van der Waals surface area (Å²) in [5.41, 5.74) is 8.81. The Morgan fingerprint density at radius 1 is 1.06 bits per heavy atom. The Hall–Kier alpha value is -2.82. The van der Waals surface area contributed by atoms with Crippen molar-refractivity contribution in [2.24, 2.45) is 10.7 Å². The van der Waals surface area contributed by atoms with Crippen molar-refractivity contribution in [3.8, 4) is 5.75 Å². The summed E-state index contributed by atoms with van der Waals surface area (Å²) >= 11 is 0. The maximum Gasteiger partial charge on any atom is 0.251 e. The van der Waals surface area contributed by atoms with Gasteiger partial charge in [0.25, 0.3) is 5.91 Å². The monoisotopic (exact) mass is 553 g/mol. The molecular formula is C23H32IN5O3. The van der Waals surface area contributed by atoms with Crippen LogP contribution in [0.25, 0.3) is 0 Å². The molecule has 5 N–H and O–H groups in total. The van der Waals surface area contributed by atoms with Crippen LogP contribution in [0.3, 0.4) is 0 Å². The Kier molecular flexibility index (Phi) is 12.1. The second kappa shape index (κ2) is 14.3. The molecule has 0 radical (unpaired) electrons. The molecule has 174 valence electrons. The quantitative estimate of drug-likeness (QED) is 0.204. The Balaban J connectivity index is 0.00000512. The molecule has 9 heteroatoms. The van der Waals surface area contributed by atoms with Crippen LogP contribution in [0.1, 0.15) is 34.0 Å². The first kappa shape index (κ1) is 27.2. The number of hydrogen-bond donors (Lipinski definition) is 4. The molecule has 0 spiro atoms. The number of nitrogens with zero attached hydrogens (tertiary/aromatic N) is 1. The van der Waals surface area contributed by atoms with Crippen molar-refractivity contribution < 1.29 is 14.3 Å². The third kappa shape index (κ3) is 9.13. The predicted octanol–water partition coefficient (Wildman–Crippen LogP) is 2.13. The number of aryl methyl sites for hydroxylation is 1. The fraction of sp³-hybridized carbons (Fsp3) is 0.348. The fourth-order valence-corrected chi connectivity index (χ4v) is 2.96. The highest BCUT2D eigenvalue weighted by molar-refractivity contribution is 14.0. The fourth-order valence-electron chi connectivity index (χ4n) is 2.96. The maximum atomic E-state index is 11.9. The molecular weight excluding hydrogens is 521 g/mol. The van der Waals surface area contributed by atoms with Crippen molar-refractivity contribution in [1.29, 1.82) is 0 Å². The van der Waals surface area contributed by atoms with Crippen molar-refractivity contribution >= 4 is 41.8 Å². The lowest BCUT2D eigenvalue weighted by molar-refractivity contribution is -0.117. The molecule has 0 atom stereocenters. The molecule has 2 rings (SSSR count). The summed E-state index contributed by atoms with van der Waals surface area (Å²) in [5, 5.41) is 9.04. The van der Waals surface area contributed by atoms with Gasteiger partial charge in [-0.05, 0) is 49.6 Å². The van der Waals surface area contributed by atoms with Crippen LogP contribution < -0.4 is 26.4 Å². The molecule has 0 unspecified atom stereocenters. The molecule has 2 amide bonds. The SMILES string of the molecule is CCNC(=NCc1ccc(C(=O)NCC(N)=O)cc1)NCCc1cc(C)ccc1OC.I. The van der Waals surface area contributed by atoms with E-state index < -0.39 is 5.91 Å². The lowest BCUT2D eigenvalue weighted by Gasteiger charge is -2.13. The zero-order valence-corrected chi connectivity index (χ0v) is 21.1. The van der Waals surface area contributed by atoms with E-state index in [4.69, 9.17) is 10.5 Å². The van der Waals surface area contributed by atoms with Gasteiger partial charge < -0.3 is 26.4 Å². The number of hydrogen-bond acceptors (Lipinski definition) is 4. The average molecular weight is 553 g/mol. The van der Waals surface area contributed by atoms with E-state index in [-0.39, 0.29) is 36.4 Å². The zero-order valence-electron chi connectivity index (χ0n) is 18.7. The first-order valence-corrected chi connectivity index (χ1v) is 10.2. The van der Waals surface area contributed by atoms with Crippen molar-refractivity contribution in [3.05, 3.63) is 64.7 Å². The number of carbonyl (C=O) groups is 2. The number of methoxy groups -OCH3 is 1. The highest BCUT2D eigenvalue weighted by Crippen LogP contribution is 2.19. The molecule has 0 heterocycles. The van der Waals surface area contributed by atoms with E-state index in [9.17, 15) is 9.59 Å². The Labute approximate surface area is 206 Å². The molecule has 0 aliphatic carbocycles. The molecule has 8 nitrogen and oxygen atoms in total. The second-order valence-corrected chi connectivity index (χ2v) is 7.03. The summed E-state index contributed by atoms with van der Waals surface area (Å²) in [7, 11) is 1.68. The number of nitrogens with one attached hydrogen (secondary N) is 3. The zero-order chi connectivity index (χ0) is 22.6. The van der Waals surface area contributed by atoms with Gasteiger partial charge in [0, 0.05) is 18.7 Å². The smallest absolute Gasteiger partial charge is 0.251 e. The van der Waals surface area contributed by atoms with Gasteiger partial charge in [0.15, 0.2) is 5.96 Å². The molecule has 32 heavy (non-hydrogen) atoms. The van der Waals surface area contributed by atoms with Crippen LogP contribution in [0.5, 0.6) is 5.75 Å². The van der Waals surface area contributed by atoms with E-state index in [2.05, 4.69) is 33.9 Å². The number of aliphatic imine (C=N–C) groups is 1. The van der Waals surface area contributed by atoms with Crippen molar-refractivity contribution in [2.75, 3.05) is 26.7 Å². The number of guanidine groups is 1. The van der Waals surface area contributed by atoms with Crippen molar-refractivity contribution in [1.82, 2.24) is 16.0 Å². The number of carbonyl (C=O) groups excluding carboxylic acids is 2. The van der Waals surface area contributed by atoms with E-state index in [1.165, 1.54) is 5.56 Å². The normalized spacial score (nSPS) is 10.7. The van der Waals surface area contributed by atoms with Gasteiger partial charge in [-0.1, -0.05) is 29.8 Å². The second-order valence-electron chi connectivity index (χ2n) is 7.03. The van der Waals surface area contributed by atoms with Crippen molar-refractivity contribution in [2.45, 2.75) is 26.8 Å².